The van der Waals surface area contributed by atoms with Crippen molar-refractivity contribution >= 4 is 5.91 Å². The van der Waals surface area contributed by atoms with E-state index in [1.54, 1.807) is 0 Å². The van der Waals surface area contributed by atoms with Crippen molar-refractivity contribution in [2.24, 2.45) is 5.41 Å². The molecule has 0 aromatic carbocycles. The van der Waals surface area contributed by atoms with Gasteiger partial charge in [0.2, 0.25) is 5.91 Å². The van der Waals surface area contributed by atoms with Crippen LogP contribution in [-0.4, -0.2) is 35.0 Å². The molecule has 3 heterocycles. The maximum atomic E-state index is 13.2. The second-order valence-electron chi connectivity index (χ2n) is 6.61. The highest BCUT2D eigenvalue weighted by atomic mass is 16.2. The van der Waals surface area contributed by atoms with Crippen LogP contribution in [0, 0.1) is 12.3 Å². The number of hydrogen-bond acceptors (Lipinski definition) is 2. The lowest BCUT2D eigenvalue weighted by atomic mass is 9.75. The third-order valence-electron chi connectivity index (χ3n) is 5.64. The van der Waals surface area contributed by atoms with E-state index in [0.717, 1.165) is 45.4 Å². The lowest BCUT2D eigenvalue weighted by molar-refractivity contribution is -0.147. The second-order valence-corrected chi connectivity index (χ2v) is 6.61. The Kier molecular flexibility index (Phi) is 3.82. The zero-order chi connectivity index (χ0) is 15.0. The fraction of sp³-hybridized carbons (Fsp3) is 0.706. The summed E-state index contributed by atoms with van der Waals surface area (Å²) in [4.78, 5) is 15.4. The summed E-state index contributed by atoms with van der Waals surface area (Å²) >= 11 is 0. The number of piperidine rings is 1. The van der Waals surface area contributed by atoms with Crippen molar-refractivity contribution in [3.8, 4) is 0 Å². The number of nitrogens with one attached hydrogen (secondary N) is 1. The number of carbonyl (C=O) groups is 1. The third kappa shape index (κ3) is 2.30. The van der Waals surface area contributed by atoms with Gasteiger partial charge in [-0.1, -0.05) is 6.92 Å². The highest BCUT2D eigenvalue weighted by Gasteiger charge is 2.43. The Morgan fingerprint density at radius 3 is 2.71 bits per heavy atom. The molecule has 2 aliphatic heterocycles. The largest absolute Gasteiger partial charge is 0.345 e. The topological polar surface area (TPSA) is 37.3 Å². The zero-order valence-corrected chi connectivity index (χ0v) is 13.5. The Morgan fingerprint density at radius 2 is 2.05 bits per heavy atom. The Morgan fingerprint density at radius 1 is 1.33 bits per heavy atom. The van der Waals surface area contributed by atoms with E-state index in [1.165, 1.54) is 11.4 Å². The van der Waals surface area contributed by atoms with Crippen LogP contribution in [0.5, 0.6) is 0 Å². The lowest BCUT2D eigenvalue weighted by Crippen LogP contribution is -2.52. The van der Waals surface area contributed by atoms with Gasteiger partial charge < -0.3 is 14.8 Å². The first-order chi connectivity index (χ1) is 10.1. The highest BCUT2D eigenvalue weighted by molar-refractivity contribution is 5.83. The van der Waals surface area contributed by atoms with Crippen LogP contribution in [0.25, 0.3) is 0 Å². The van der Waals surface area contributed by atoms with Crippen LogP contribution in [0.15, 0.2) is 12.1 Å². The van der Waals surface area contributed by atoms with Gasteiger partial charge in [0.1, 0.15) is 0 Å². The van der Waals surface area contributed by atoms with Gasteiger partial charge in [0.25, 0.3) is 0 Å². The zero-order valence-electron chi connectivity index (χ0n) is 13.5. The highest BCUT2D eigenvalue weighted by Crippen LogP contribution is 2.38. The molecule has 1 saturated heterocycles. The summed E-state index contributed by atoms with van der Waals surface area (Å²) < 4.78 is 2.36. The summed E-state index contributed by atoms with van der Waals surface area (Å²) in [5, 5.41) is 3.39. The van der Waals surface area contributed by atoms with Gasteiger partial charge in [0.05, 0.1) is 11.5 Å². The van der Waals surface area contributed by atoms with Crippen molar-refractivity contribution in [3.05, 3.63) is 23.5 Å². The molecule has 3 rings (SSSR count). The van der Waals surface area contributed by atoms with E-state index in [9.17, 15) is 4.79 Å². The minimum absolute atomic E-state index is 0.136. The van der Waals surface area contributed by atoms with E-state index < -0.39 is 0 Å². The third-order valence-corrected chi connectivity index (χ3v) is 5.64. The minimum Gasteiger partial charge on any atom is -0.345 e. The molecular weight excluding hydrogens is 262 g/mol. The number of aryl methyl sites for hydroxylation is 1. The SMILES string of the molecule is CCC1(C(=O)N2CCn3c(C)ccc3C2C)CCNCC1. The number of carbonyl (C=O) groups excluding carboxylic acids is 1. The monoisotopic (exact) mass is 289 g/mol. The van der Waals surface area contributed by atoms with Gasteiger partial charge in [-0.15, -0.1) is 0 Å². The average Bonchev–Trinajstić information content (AvgIpc) is 2.90. The quantitative estimate of drug-likeness (QED) is 0.908. The smallest absolute Gasteiger partial charge is 0.229 e. The Hall–Kier alpha value is -1.29. The molecule has 1 atom stereocenters. The van der Waals surface area contributed by atoms with Crippen molar-refractivity contribution in [2.45, 2.75) is 52.6 Å². The predicted molar refractivity (Wildman–Crippen MR) is 84.1 cm³/mol. The van der Waals surface area contributed by atoms with Gasteiger partial charge in [-0.2, -0.15) is 0 Å². The Bertz CT molecular complexity index is 528. The van der Waals surface area contributed by atoms with Crippen LogP contribution in [0.3, 0.4) is 0 Å². The van der Waals surface area contributed by atoms with E-state index in [4.69, 9.17) is 0 Å². The molecule has 4 heteroatoms. The predicted octanol–water partition coefficient (Wildman–Crippen LogP) is 2.48. The van der Waals surface area contributed by atoms with Crippen LogP contribution < -0.4 is 5.32 Å². The first kappa shape index (κ1) is 14.6. The Balaban J connectivity index is 1.85. The molecule has 0 radical (unpaired) electrons. The molecule has 1 aromatic rings. The molecule has 1 N–H and O–H groups in total. The van der Waals surface area contributed by atoms with Crippen LogP contribution >= 0.6 is 0 Å². The molecule has 21 heavy (non-hydrogen) atoms. The van der Waals surface area contributed by atoms with Gasteiger partial charge >= 0.3 is 0 Å². The summed E-state index contributed by atoms with van der Waals surface area (Å²) in [6, 6.07) is 4.54. The molecule has 116 valence electrons. The molecule has 2 aliphatic rings. The second kappa shape index (κ2) is 5.48. The number of hydrogen-bond donors (Lipinski definition) is 1. The maximum Gasteiger partial charge on any atom is 0.229 e. The van der Waals surface area contributed by atoms with Crippen molar-refractivity contribution in [2.75, 3.05) is 19.6 Å². The summed E-state index contributed by atoms with van der Waals surface area (Å²) in [5.41, 5.74) is 2.45. The normalized spacial score (nSPS) is 24.7. The molecule has 1 amide bonds. The van der Waals surface area contributed by atoms with E-state index in [2.05, 4.69) is 47.7 Å². The van der Waals surface area contributed by atoms with Crippen LogP contribution in [0.4, 0.5) is 0 Å². The van der Waals surface area contributed by atoms with Gasteiger partial charge in [0.15, 0.2) is 0 Å². The van der Waals surface area contributed by atoms with Crippen molar-refractivity contribution in [3.63, 3.8) is 0 Å². The summed E-state index contributed by atoms with van der Waals surface area (Å²) in [7, 11) is 0. The minimum atomic E-state index is -0.136. The standard InChI is InChI=1S/C17H27N3O/c1-4-17(7-9-18-10-8-17)16(21)20-12-11-19-13(2)5-6-15(19)14(20)3/h5-6,14,18H,4,7-12H2,1-3H3. The van der Waals surface area contributed by atoms with Crippen molar-refractivity contribution < 1.29 is 4.79 Å². The van der Waals surface area contributed by atoms with E-state index in [0.29, 0.717) is 5.91 Å². The number of amides is 1. The fourth-order valence-corrected chi connectivity index (χ4v) is 4.03. The first-order valence-corrected chi connectivity index (χ1v) is 8.27. The molecule has 0 aliphatic carbocycles. The molecule has 0 bridgehead atoms. The van der Waals surface area contributed by atoms with Gasteiger partial charge in [0, 0.05) is 24.5 Å². The van der Waals surface area contributed by atoms with E-state index in [1.807, 2.05) is 0 Å². The van der Waals surface area contributed by atoms with Gasteiger partial charge in [-0.25, -0.2) is 0 Å². The molecule has 0 spiro atoms. The number of nitrogens with zero attached hydrogens (tertiary/aromatic N) is 2. The van der Waals surface area contributed by atoms with Crippen molar-refractivity contribution in [1.29, 1.82) is 0 Å². The van der Waals surface area contributed by atoms with Gasteiger partial charge in [-0.3, -0.25) is 4.79 Å². The first-order valence-electron chi connectivity index (χ1n) is 8.27. The average molecular weight is 289 g/mol. The van der Waals surface area contributed by atoms with Crippen molar-refractivity contribution in [1.82, 2.24) is 14.8 Å². The van der Waals surface area contributed by atoms with E-state index in [-0.39, 0.29) is 11.5 Å². The summed E-state index contributed by atoms with van der Waals surface area (Å²) in [5.74, 6) is 0.379. The number of aromatic nitrogens is 1. The molecule has 0 saturated carbocycles. The Labute approximate surface area is 127 Å². The summed E-state index contributed by atoms with van der Waals surface area (Å²) in [6.07, 6.45) is 2.91. The fourth-order valence-electron chi connectivity index (χ4n) is 4.03. The molecule has 4 nitrogen and oxygen atoms in total. The number of rotatable bonds is 2. The molecular formula is C17H27N3O. The molecule has 1 unspecified atom stereocenters. The number of fused-ring (bicyclic) bond motifs is 1. The van der Waals surface area contributed by atoms with Crippen LogP contribution in [0.2, 0.25) is 0 Å². The maximum absolute atomic E-state index is 13.2. The van der Waals surface area contributed by atoms with Crippen LogP contribution in [0.1, 0.15) is 50.5 Å². The summed E-state index contributed by atoms with van der Waals surface area (Å²) in [6.45, 7) is 10.2. The van der Waals surface area contributed by atoms with Crippen LogP contribution in [-0.2, 0) is 11.3 Å². The molecule has 1 aromatic heterocycles. The van der Waals surface area contributed by atoms with E-state index >= 15 is 0 Å². The lowest BCUT2D eigenvalue weighted by Gasteiger charge is -2.44. The van der Waals surface area contributed by atoms with Gasteiger partial charge in [-0.05, 0) is 58.3 Å². The molecule has 1 fully saturated rings.